The standard InChI is InChI=1S/C16H18N2O3/c19-10-12-5-4-8-18(9-12)16(20)14-11-21-15(17-14)13-6-2-1-3-7-13/h1-3,6-7,11-12,19H,4-5,8-10H2. The molecule has 110 valence electrons. The number of amides is 1. The lowest BCUT2D eigenvalue weighted by Crippen LogP contribution is -2.41. The third kappa shape index (κ3) is 2.97. The third-order valence-corrected chi connectivity index (χ3v) is 3.81. The van der Waals surface area contributed by atoms with Crippen LogP contribution in [-0.2, 0) is 0 Å². The van der Waals surface area contributed by atoms with Crippen LogP contribution in [0.5, 0.6) is 0 Å². The molecule has 1 amide bonds. The first kappa shape index (κ1) is 13.8. The minimum Gasteiger partial charge on any atom is -0.444 e. The Kier molecular flexibility index (Phi) is 4.01. The molecule has 1 aliphatic rings. The Balaban J connectivity index is 1.75. The molecular weight excluding hydrogens is 268 g/mol. The molecule has 2 aromatic rings. The van der Waals surface area contributed by atoms with Crippen molar-refractivity contribution in [2.45, 2.75) is 12.8 Å². The molecule has 3 rings (SSSR count). The fraction of sp³-hybridized carbons (Fsp3) is 0.375. The molecular formula is C16H18N2O3. The molecule has 0 saturated carbocycles. The van der Waals surface area contributed by atoms with Crippen LogP contribution < -0.4 is 0 Å². The Morgan fingerprint density at radius 1 is 1.38 bits per heavy atom. The zero-order valence-electron chi connectivity index (χ0n) is 11.7. The van der Waals surface area contributed by atoms with Crippen LogP contribution in [0.2, 0.25) is 0 Å². The van der Waals surface area contributed by atoms with Crippen LogP contribution in [0.4, 0.5) is 0 Å². The Morgan fingerprint density at radius 2 is 2.19 bits per heavy atom. The number of benzene rings is 1. The van der Waals surface area contributed by atoms with Gasteiger partial charge in [0.25, 0.3) is 5.91 Å². The van der Waals surface area contributed by atoms with E-state index in [0.29, 0.717) is 24.7 Å². The van der Waals surface area contributed by atoms with Gasteiger partial charge in [-0.2, -0.15) is 0 Å². The summed E-state index contributed by atoms with van der Waals surface area (Å²) in [4.78, 5) is 18.5. The van der Waals surface area contributed by atoms with E-state index in [1.165, 1.54) is 6.26 Å². The van der Waals surface area contributed by atoms with Gasteiger partial charge in [0, 0.05) is 25.3 Å². The molecule has 1 saturated heterocycles. The molecule has 0 bridgehead atoms. The minimum atomic E-state index is -0.126. The summed E-state index contributed by atoms with van der Waals surface area (Å²) < 4.78 is 5.41. The fourth-order valence-electron chi connectivity index (χ4n) is 2.65. The van der Waals surface area contributed by atoms with Crippen LogP contribution in [-0.4, -0.2) is 40.6 Å². The summed E-state index contributed by atoms with van der Waals surface area (Å²) in [6.45, 7) is 1.42. The van der Waals surface area contributed by atoms with Crippen molar-refractivity contribution < 1.29 is 14.3 Å². The zero-order chi connectivity index (χ0) is 14.7. The Bertz CT molecular complexity index is 609. The molecule has 1 fully saturated rings. The molecule has 1 N–H and O–H groups in total. The number of likely N-dealkylation sites (tertiary alicyclic amines) is 1. The van der Waals surface area contributed by atoms with Gasteiger partial charge < -0.3 is 14.4 Å². The van der Waals surface area contributed by atoms with Crippen LogP contribution in [0.1, 0.15) is 23.3 Å². The second-order valence-corrected chi connectivity index (χ2v) is 5.35. The summed E-state index contributed by atoms with van der Waals surface area (Å²) >= 11 is 0. The number of rotatable bonds is 3. The van der Waals surface area contributed by atoms with Crippen molar-refractivity contribution in [2.24, 2.45) is 5.92 Å². The molecule has 1 aromatic carbocycles. The second-order valence-electron chi connectivity index (χ2n) is 5.35. The fourth-order valence-corrected chi connectivity index (χ4v) is 2.65. The quantitative estimate of drug-likeness (QED) is 0.939. The predicted octanol–water partition coefficient (Wildman–Crippen LogP) is 2.19. The van der Waals surface area contributed by atoms with Gasteiger partial charge in [0.15, 0.2) is 5.69 Å². The Morgan fingerprint density at radius 3 is 2.95 bits per heavy atom. The second kappa shape index (κ2) is 6.10. The molecule has 0 aliphatic carbocycles. The van der Waals surface area contributed by atoms with E-state index in [9.17, 15) is 9.90 Å². The van der Waals surface area contributed by atoms with Crippen molar-refractivity contribution in [2.75, 3.05) is 19.7 Å². The van der Waals surface area contributed by atoms with Crippen molar-refractivity contribution >= 4 is 5.91 Å². The average molecular weight is 286 g/mol. The van der Waals surface area contributed by atoms with Crippen LogP contribution in [0, 0.1) is 5.92 Å². The monoisotopic (exact) mass is 286 g/mol. The number of carbonyl (C=O) groups excluding carboxylic acids is 1. The summed E-state index contributed by atoms with van der Waals surface area (Å²) in [7, 11) is 0. The number of aliphatic hydroxyl groups excluding tert-OH is 1. The zero-order valence-corrected chi connectivity index (χ0v) is 11.7. The van der Waals surface area contributed by atoms with E-state index in [-0.39, 0.29) is 18.4 Å². The van der Waals surface area contributed by atoms with E-state index in [4.69, 9.17) is 4.42 Å². The highest BCUT2D eigenvalue weighted by Gasteiger charge is 2.26. The normalized spacial score (nSPS) is 18.7. The van der Waals surface area contributed by atoms with Gasteiger partial charge in [-0.25, -0.2) is 4.98 Å². The van der Waals surface area contributed by atoms with E-state index >= 15 is 0 Å². The van der Waals surface area contributed by atoms with Crippen molar-refractivity contribution in [1.82, 2.24) is 9.88 Å². The first-order valence-electron chi connectivity index (χ1n) is 7.19. The van der Waals surface area contributed by atoms with Crippen molar-refractivity contribution in [3.05, 3.63) is 42.3 Å². The molecule has 1 atom stereocenters. The van der Waals surface area contributed by atoms with Crippen LogP contribution >= 0.6 is 0 Å². The number of aliphatic hydroxyl groups is 1. The van der Waals surface area contributed by atoms with E-state index in [0.717, 1.165) is 18.4 Å². The van der Waals surface area contributed by atoms with E-state index in [2.05, 4.69) is 4.98 Å². The summed E-state index contributed by atoms with van der Waals surface area (Å²) in [6, 6.07) is 9.50. The molecule has 0 spiro atoms. The average Bonchev–Trinajstić information content (AvgIpc) is 3.05. The highest BCUT2D eigenvalue weighted by atomic mass is 16.3. The summed E-state index contributed by atoms with van der Waals surface area (Å²) in [6.07, 6.45) is 3.29. The van der Waals surface area contributed by atoms with Crippen molar-refractivity contribution in [3.8, 4) is 11.5 Å². The lowest BCUT2D eigenvalue weighted by molar-refractivity contribution is 0.0615. The number of hydrogen-bond donors (Lipinski definition) is 1. The number of nitrogens with zero attached hydrogens (tertiary/aromatic N) is 2. The molecule has 1 aromatic heterocycles. The number of oxazole rings is 1. The number of aromatic nitrogens is 1. The first-order valence-corrected chi connectivity index (χ1v) is 7.19. The maximum absolute atomic E-state index is 12.4. The predicted molar refractivity (Wildman–Crippen MR) is 77.7 cm³/mol. The Hall–Kier alpha value is -2.14. The van der Waals surface area contributed by atoms with Crippen LogP contribution in [0.3, 0.4) is 0 Å². The van der Waals surface area contributed by atoms with Crippen molar-refractivity contribution in [3.63, 3.8) is 0 Å². The topological polar surface area (TPSA) is 66.6 Å². The van der Waals surface area contributed by atoms with Gasteiger partial charge in [-0.15, -0.1) is 0 Å². The van der Waals surface area contributed by atoms with Gasteiger partial charge in [-0.3, -0.25) is 4.79 Å². The summed E-state index contributed by atoms with van der Waals surface area (Å²) in [5.41, 5.74) is 1.18. The van der Waals surface area contributed by atoms with Gasteiger partial charge >= 0.3 is 0 Å². The largest absolute Gasteiger partial charge is 0.444 e. The Labute approximate surface area is 123 Å². The maximum atomic E-state index is 12.4. The van der Waals surface area contributed by atoms with Gasteiger partial charge in [0.05, 0.1) is 0 Å². The molecule has 5 heteroatoms. The van der Waals surface area contributed by atoms with Gasteiger partial charge in [-0.1, -0.05) is 18.2 Å². The number of hydrogen-bond acceptors (Lipinski definition) is 4. The van der Waals surface area contributed by atoms with E-state index in [1.807, 2.05) is 30.3 Å². The number of carbonyl (C=O) groups is 1. The first-order chi connectivity index (χ1) is 10.3. The maximum Gasteiger partial charge on any atom is 0.275 e. The lowest BCUT2D eigenvalue weighted by Gasteiger charge is -2.31. The van der Waals surface area contributed by atoms with Crippen LogP contribution in [0.25, 0.3) is 11.5 Å². The smallest absolute Gasteiger partial charge is 0.275 e. The minimum absolute atomic E-state index is 0.123. The highest BCUT2D eigenvalue weighted by Crippen LogP contribution is 2.21. The SMILES string of the molecule is O=C(c1coc(-c2ccccc2)n1)N1CCCC(CO)C1. The molecule has 1 aliphatic heterocycles. The lowest BCUT2D eigenvalue weighted by atomic mass is 9.99. The molecule has 2 heterocycles. The molecule has 1 unspecified atom stereocenters. The summed E-state index contributed by atoms with van der Waals surface area (Å²) in [5.74, 6) is 0.497. The van der Waals surface area contributed by atoms with Crippen LogP contribution in [0.15, 0.2) is 41.0 Å². The molecule has 5 nitrogen and oxygen atoms in total. The van der Waals surface area contributed by atoms with Gasteiger partial charge in [0.1, 0.15) is 6.26 Å². The van der Waals surface area contributed by atoms with Crippen molar-refractivity contribution in [1.29, 1.82) is 0 Å². The molecule has 21 heavy (non-hydrogen) atoms. The van der Waals surface area contributed by atoms with E-state index in [1.54, 1.807) is 4.90 Å². The molecule has 0 radical (unpaired) electrons. The van der Waals surface area contributed by atoms with E-state index < -0.39 is 0 Å². The van der Waals surface area contributed by atoms with Gasteiger partial charge in [-0.05, 0) is 30.9 Å². The van der Waals surface area contributed by atoms with Gasteiger partial charge in [0.2, 0.25) is 5.89 Å². The number of piperidine rings is 1. The third-order valence-electron chi connectivity index (χ3n) is 3.81. The summed E-state index contributed by atoms with van der Waals surface area (Å²) in [5, 5.41) is 9.24. The highest BCUT2D eigenvalue weighted by molar-refractivity contribution is 5.92.